The molecule has 2 aliphatic heterocycles. The lowest BCUT2D eigenvalue weighted by Crippen LogP contribution is -2.50. The molecular formula is C26H32Cl2N6O2S. The quantitative estimate of drug-likeness (QED) is 0.461. The van der Waals surface area contributed by atoms with Gasteiger partial charge in [0, 0.05) is 42.6 Å². The highest BCUT2D eigenvalue weighted by Gasteiger charge is 2.51. The summed E-state index contributed by atoms with van der Waals surface area (Å²) in [7, 11) is 0. The topological polar surface area (TPSA) is 91.0 Å². The summed E-state index contributed by atoms with van der Waals surface area (Å²) in [4.78, 5) is 20.5. The molecule has 0 bridgehead atoms. The first-order valence-corrected chi connectivity index (χ1v) is 14.3. The minimum Gasteiger partial charge on any atom is -0.598 e. The van der Waals surface area contributed by atoms with Gasteiger partial charge in [-0.25, -0.2) is 4.98 Å². The van der Waals surface area contributed by atoms with Crippen LogP contribution in [0.4, 0.5) is 5.82 Å². The lowest BCUT2D eigenvalue weighted by atomic mass is 9.73. The van der Waals surface area contributed by atoms with E-state index in [4.69, 9.17) is 28.2 Å². The van der Waals surface area contributed by atoms with E-state index in [1.807, 2.05) is 51.6 Å². The Bertz CT molecular complexity index is 1390. The first-order valence-electron chi connectivity index (χ1n) is 12.4. The minimum absolute atomic E-state index is 0.0500. The Kier molecular flexibility index (Phi) is 6.90. The lowest BCUT2D eigenvalue weighted by Gasteiger charge is -2.43. The molecule has 1 unspecified atom stereocenters. The van der Waals surface area contributed by atoms with Crippen molar-refractivity contribution in [1.82, 2.24) is 24.1 Å². The number of benzene rings is 1. The molecule has 1 aromatic carbocycles. The predicted molar refractivity (Wildman–Crippen MR) is 149 cm³/mol. The number of piperidine rings is 1. The Hall–Kier alpha value is -2.04. The van der Waals surface area contributed by atoms with Gasteiger partial charge in [0.15, 0.2) is 0 Å². The van der Waals surface area contributed by atoms with Crippen LogP contribution in [0.25, 0.3) is 5.69 Å². The Morgan fingerprint density at radius 3 is 2.54 bits per heavy atom. The van der Waals surface area contributed by atoms with E-state index in [9.17, 15) is 9.35 Å². The molecule has 198 valence electrons. The van der Waals surface area contributed by atoms with E-state index in [1.54, 1.807) is 18.2 Å². The summed E-state index contributed by atoms with van der Waals surface area (Å²) in [5.41, 5.74) is 1.91. The van der Waals surface area contributed by atoms with Gasteiger partial charge >= 0.3 is 0 Å². The standard InChI is InChI=1S/C26H32Cl2N6O2S/c1-16-23(30-17(2)34(24(16)35)19-8-6-7-18(27)21(19)28)32-13-10-26(11-14-32)15-33-20(9-12-29-33)22(26)31-37(36)25(3,4)5/h6-9,12,22,31H,10-11,13-15H2,1-5H3/t22-,37?/m1/s1. The van der Waals surface area contributed by atoms with E-state index in [-0.39, 0.29) is 21.8 Å². The second kappa shape index (κ2) is 9.61. The highest BCUT2D eigenvalue weighted by molar-refractivity contribution is 7.90. The molecule has 0 aliphatic carbocycles. The van der Waals surface area contributed by atoms with Crippen molar-refractivity contribution in [3.8, 4) is 5.69 Å². The van der Waals surface area contributed by atoms with Crippen molar-refractivity contribution in [2.45, 2.75) is 64.8 Å². The number of rotatable bonds is 4. The monoisotopic (exact) mass is 562 g/mol. The van der Waals surface area contributed by atoms with Crippen molar-refractivity contribution in [2.75, 3.05) is 18.0 Å². The van der Waals surface area contributed by atoms with Crippen molar-refractivity contribution in [3.05, 3.63) is 67.9 Å². The smallest absolute Gasteiger partial charge is 0.263 e. The summed E-state index contributed by atoms with van der Waals surface area (Å²) in [5, 5.41) is 5.24. The molecule has 1 spiro atoms. The van der Waals surface area contributed by atoms with Gasteiger partial charge in [0.2, 0.25) is 0 Å². The third kappa shape index (κ3) is 4.59. The van der Waals surface area contributed by atoms with Crippen LogP contribution in [-0.2, 0) is 17.9 Å². The van der Waals surface area contributed by atoms with Crippen LogP contribution in [0.5, 0.6) is 0 Å². The number of hydrogen-bond acceptors (Lipinski definition) is 6. The second-order valence-electron chi connectivity index (χ2n) is 11.0. The van der Waals surface area contributed by atoms with Crippen LogP contribution in [0.15, 0.2) is 35.3 Å². The number of hydrogen-bond donors (Lipinski definition) is 1. The number of nitrogens with zero attached hydrogens (tertiary/aromatic N) is 5. The van der Waals surface area contributed by atoms with Crippen molar-refractivity contribution < 1.29 is 4.55 Å². The van der Waals surface area contributed by atoms with Gasteiger partial charge in [0.1, 0.15) is 22.4 Å². The fraction of sp³-hybridized carbons (Fsp3) is 0.500. The highest BCUT2D eigenvalue weighted by Crippen LogP contribution is 2.50. The lowest BCUT2D eigenvalue weighted by molar-refractivity contribution is 0.160. The number of aryl methyl sites for hydroxylation is 1. The number of nitrogens with one attached hydrogen (secondary N) is 1. The first-order chi connectivity index (χ1) is 17.4. The fourth-order valence-electron chi connectivity index (χ4n) is 5.46. The van der Waals surface area contributed by atoms with Crippen molar-refractivity contribution in [2.24, 2.45) is 5.41 Å². The molecule has 0 radical (unpaired) electrons. The molecule has 1 fully saturated rings. The number of halogens is 2. The third-order valence-corrected chi connectivity index (χ3v) is 9.96. The van der Waals surface area contributed by atoms with Gasteiger partial charge in [-0.05, 0) is 65.7 Å². The maximum atomic E-state index is 13.5. The zero-order chi connectivity index (χ0) is 26.7. The van der Waals surface area contributed by atoms with Crippen LogP contribution in [0, 0.1) is 19.3 Å². The average Bonchev–Trinajstić information content (AvgIpc) is 3.39. The van der Waals surface area contributed by atoms with Crippen LogP contribution in [0.1, 0.15) is 56.7 Å². The Morgan fingerprint density at radius 1 is 1.16 bits per heavy atom. The van der Waals surface area contributed by atoms with E-state index in [1.165, 1.54) is 4.57 Å². The maximum Gasteiger partial charge on any atom is 0.263 e. The molecule has 0 saturated carbocycles. The average molecular weight is 564 g/mol. The Labute approximate surface area is 230 Å². The minimum atomic E-state index is -1.21. The summed E-state index contributed by atoms with van der Waals surface area (Å²) < 4.78 is 19.7. The van der Waals surface area contributed by atoms with Gasteiger partial charge in [-0.2, -0.15) is 5.10 Å². The molecule has 1 saturated heterocycles. The molecule has 0 amide bonds. The summed E-state index contributed by atoms with van der Waals surface area (Å²) in [6, 6.07) is 7.21. The molecule has 37 heavy (non-hydrogen) atoms. The molecule has 5 rings (SSSR count). The first kappa shape index (κ1) is 26.6. The highest BCUT2D eigenvalue weighted by atomic mass is 35.5. The SMILES string of the molecule is Cc1c(N2CCC3(CC2)Cn2nccc2[C@H]3N[S+]([O-])C(C)(C)C)nc(C)n(-c2cccc(Cl)c2Cl)c1=O. The molecule has 2 atom stereocenters. The second-order valence-corrected chi connectivity index (χ2v) is 13.8. The number of anilines is 1. The molecule has 1 N–H and O–H groups in total. The Balaban J connectivity index is 1.42. The molecule has 11 heteroatoms. The van der Waals surface area contributed by atoms with Gasteiger partial charge in [0.05, 0.1) is 27.0 Å². The van der Waals surface area contributed by atoms with E-state index < -0.39 is 11.4 Å². The van der Waals surface area contributed by atoms with Gasteiger partial charge in [-0.3, -0.25) is 14.0 Å². The maximum absolute atomic E-state index is 13.5. The van der Waals surface area contributed by atoms with E-state index >= 15 is 0 Å². The van der Waals surface area contributed by atoms with Crippen LogP contribution >= 0.6 is 23.2 Å². The Morgan fingerprint density at radius 2 is 1.86 bits per heavy atom. The van der Waals surface area contributed by atoms with E-state index in [0.717, 1.165) is 38.2 Å². The molecule has 2 aliphatic rings. The van der Waals surface area contributed by atoms with Gasteiger partial charge in [-0.15, -0.1) is 4.72 Å². The molecular weight excluding hydrogens is 531 g/mol. The zero-order valence-corrected chi connectivity index (χ0v) is 24.0. The summed E-state index contributed by atoms with van der Waals surface area (Å²) in [6.07, 6.45) is 3.53. The largest absolute Gasteiger partial charge is 0.598 e. The number of fused-ring (bicyclic) bond motifs is 1. The molecule has 3 aromatic rings. The number of aromatic nitrogens is 4. The molecule has 8 nitrogen and oxygen atoms in total. The van der Waals surface area contributed by atoms with Crippen LogP contribution < -0.4 is 15.2 Å². The van der Waals surface area contributed by atoms with Crippen molar-refractivity contribution in [3.63, 3.8) is 0 Å². The van der Waals surface area contributed by atoms with E-state index in [2.05, 4.69) is 14.7 Å². The normalized spacial score (nSPS) is 19.9. The van der Waals surface area contributed by atoms with Crippen LogP contribution in [0.3, 0.4) is 0 Å². The van der Waals surface area contributed by atoms with E-state index in [0.29, 0.717) is 32.9 Å². The molecule has 4 heterocycles. The van der Waals surface area contributed by atoms with Gasteiger partial charge in [0.25, 0.3) is 5.56 Å². The van der Waals surface area contributed by atoms with Gasteiger partial charge < -0.3 is 9.45 Å². The fourth-order valence-corrected chi connectivity index (χ4v) is 6.78. The molecule has 2 aromatic heterocycles. The summed E-state index contributed by atoms with van der Waals surface area (Å²) in [5.74, 6) is 1.25. The third-order valence-electron chi connectivity index (χ3n) is 7.58. The van der Waals surface area contributed by atoms with Crippen LogP contribution in [0.2, 0.25) is 10.0 Å². The van der Waals surface area contributed by atoms with Crippen molar-refractivity contribution >= 4 is 40.4 Å². The van der Waals surface area contributed by atoms with Gasteiger partial charge in [-0.1, -0.05) is 29.3 Å². The summed E-state index contributed by atoms with van der Waals surface area (Å²) in [6.45, 7) is 11.8. The van der Waals surface area contributed by atoms with Crippen LogP contribution in [-0.4, -0.2) is 41.7 Å². The predicted octanol–water partition coefficient (Wildman–Crippen LogP) is 4.75. The zero-order valence-electron chi connectivity index (χ0n) is 21.7. The van der Waals surface area contributed by atoms with Crippen molar-refractivity contribution in [1.29, 1.82) is 0 Å². The summed E-state index contributed by atoms with van der Waals surface area (Å²) >= 11 is 11.4.